The van der Waals surface area contributed by atoms with Gasteiger partial charge in [0.25, 0.3) is 0 Å². The van der Waals surface area contributed by atoms with Crippen LogP contribution in [0.2, 0.25) is 0 Å². The van der Waals surface area contributed by atoms with E-state index in [0.29, 0.717) is 17.3 Å². The van der Waals surface area contributed by atoms with Gasteiger partial charge in [-0.1, -0.05) is 38.0 Å². The van der Waals surface area contributed by atoms with E-state index in [1.54, 1.807) is 7.11 Å². The number of nitrogens with two attached hydrogens (primary N) is 1. The normalized spacial score (nSPS) is 10.3. The molecule has 0 spiro atoms. The maximum atomic E-state index is 5.66. The minimum atomic E-state index is 0.347. The third-order valence-corrected chi connectivity index (χ3v) is 2.91. The molecule has 18 heavy (non-hydrogen) atoms. The van der Waals surface area contributed by atoms with E-state index < -0.39 is 0 Å². The van der Waals surface area contributed by atoms with Gasteiger partial charge in [0.15, 0.2) is 0 Å². The zero-order chi connectivity index (χ0) is 13.4. The summed E-state index contributed by atoms with van der Waals surface area (Å²) in [5.74, 6) is 0.706. The van der Waals surface area contributed by atoms with Crippen LogP contribution in [0.1, 0.15) is 37.3 Å². The highest BCUT2D eigenvalue weighted by Crippen LogP contribution is 2.20. The Balaban J connectivity index is 2.56. The fraction of sp³-hybridized carbons (Fsp3) is 0.500. The van der Waals surface area contributed by atoms with Gasteiger partial charge in [-0.15, -0.1) is 0 Å². The number of hydrogen-bond donors (Lipinski definition) is 1. The maximum absolute atomic E-state index is 5.66. The highest BCUT2D eigenvalue weighted by molar-refractivity contribution is 7.80. The van der Waals surface area contributed by atoms with Crippen LogP contribution in [0.5, 0.6) is 5.75 Å². The lowest BCUT2D eigenvalue weighted by Crippen LogP contribution is -2.11. The molecular formula is C14H21NO2S. The lowest BCUT2D eigenvalue weighted by atomic mass is 10.1. The summed E-state index contributed by atoms with van der Waals surface area (Å²) in [6, 6.07) is 5.78. The molecule has 1 aromatic rings. The Hall–Kier alpha value is -1.13. The number of ether oxygens (including phenoxy) is 2. The second-order valence-electron chi connectivity index (χ2n) is 4.16. The van der Waals surface area contributed by atoms with Crippen LogP contribution in [-0.4, -0.2) is 18.7 Å². The second kappa shape index (κ2) is 8.06. The molecule has 0 atom stereocenters. The van der Waals surface area contributed by atoms with Crippen molar-refractivity contribution in [1.29, 1.82) is 0 Å². The summed E-state index contributed by atoms with van der Waals surface area (Å²) < 4.78 is 10.8. The van der Waals surface area contributed by atoms with Gasteiger partial charge in [0.1, 0.15) is 10.7 Å². The van der Waals surface area contributed by atoms with Crippen LogP contribution >= 0.6 is 12.2 Å². The van der Waals surface area contributed by atoms with Crippen LogP contribution in [-0.2, 0) is 11.3 Å². The molecule has 0 aliphatic rings. The van der Waals surface area contributed by atoms with Crippen LogP contribution in [0, 0.1) is 0 Å². The topological polar surface area (TPSA) is 44.5 Å². The van der Waals surface area contributed by atoms with Crippen molar-refractivity contribution in [3.63, 3.8) is 0 Å². The van der Waals surface area contributed by atoms with Gasteiger partial charge < -0.3 is 15.2 Å². The first-order valence-corrected chi connectivity index (χ1v) is 6.64. The van der Waals surface area contributed by atoms with E-state index in [1.165, 1.54) is 12.8 Å². The molecule has 2 N–H and O–H groups in total. The number of rotatable bonds is 8. The van der Waals surface area contributed by atoms with E-state index in [-0.39, 0.29) is 0 Å². The highest BCUT2D eigenvalue weighted by atomic mass is 32.1. The standard InChI is InChI=1S/C14H21NO2S/c1-3-4-5-8-17-10-11-6-7-13(16-2)12(9-11)14(15)18/h6-7,9H,3-5,8,10H2,1-2H3,(H2,15,18). The first-order valence-electron chi connectivity index (χ1n) is 6.23. The number of methoxy groups -OCH3 is 1. The average molecular weight is 267 g/mol. The van der Waals surface area contributed by atoms with Crippen molar-refractivity contribution in [2.24, 2.45) is 5.73 Å². The van der Waals surface area contributed by atoms with Crippen molar-refractivity contribution in [2.75, 3.05) is 13.7 Å². The van der Waals surface area contributed by atoms with Crippen molar-refractivity contribution in [1.82, 2.24) is 0 Å². The highest BCUT2D eigenvalue weighted by Gasteiger charge is 2.06. The van der Waals surface area contributed by atoms with E-state index in [2.05, 4.69) is 6.92 Å². The van der Waals surface area contributed by atoms with Gasteiger partial charge in [-0.25, -0.2) is 0 Å². The van der Waals surface area contributed by atoms with Crippen molar-refractivity contribution in [2.45, 2.75) is 32.8 Å². The molecule has 0 saturated heterocycles. The smallest absolute Gasteiger partial charge is 0.129 e. The monoisotopic (exact) mass is 267 g/mol. The van der Waals surface area contributed by atoms with Crippen molar-refractivity contribution in [3.8, 4) is 5.75 Å². The van der Waals surface area contributed by atoms with E-state index >= 15 is 0 Å². The molecule has 0 radical (unpaired) electrons. The Labute approximate surface area is 114 Å². The van der Waals surface area contributed by atoms with Crippen LogP contribution in [0.15, 0.2) is 18.2 Å². The SMILES string of the molecule is CCCCCOCc1ccc(OC)c(C(N)=S)c1. The van der Waals surface area contributed by atoms with E-state index in [4.69, 9.17) is 27.4 Å². The van der Waals surface area contributed by atoms with Gasteiger partial charge in [0, 0.05) is 6.61 Å². The quantitative estimate of drug-likeness (QED) is 0.581. The summed E-state index contributed by atoms with van der Waals surface area (Å²) in [5, 5.41) is 0. The summed E-state index contributed by atoms with van der Waals surface area (Å²) in [7, 11) is 1.61. The third kappa shape index (κ3) is 4.63. The molecule has 0 amide bonds. The van der Waals surface area contributed by atoms with Gasteiger partial charge in [-0.2, -0.15) is 0 Å². The molecule has 0 aromatic heterocycles. The van der Waals surface area contributed by atoms with Gasteiger partial charge in [-0.3, -0.25) is 0 Å². The minimum absolute atomic E-state index is 0.347. The van der Waals surface area contributed by atoms with Crippen molar-refractivity contribution < 1.29 is 9.47 Å². The molecule has 4 heteroatoms. The summed E-state index contributed by atoms with van der Waals surface area (Å²) >= 11 is 5.00. The van der Waals surface area contributed by atoms with E-state index in [1.807, 2.05) is 18.2 Å². The van der Waals surface area contributed by atoms with Crippen molar-refractivity contribution in [3.05, 3.63) is 29.3 Å². The fourth-order valence-electron chi connectivity index (χ4n) is 1.68. The summed E-state index contributed by atoms with van der Waals surface area (Å²) in [6.07, 6.45) is 3.52. The summed E-state index contributed by atoms with van der Waals surface area (Å²) in [6.45, 7) is 3.56. The lowest BCUT2D eigenvalue weighted by molar-refractivity contribution is 0.117. The number of benzene rings is 1. The molecule has 1 rings (SSSR count). The molecule has 0 unspecified atom stereocenters. The number of unbranched alkanes of at least 4 members (excludes halogenated alkanes) is 2. The Morgan fingerprint density at radius 2 is 2.11 bits per heavy atom. The van der Waals surface area contributed by atoms with E-state index in [0.717, 1.165) is 24.2 Å². The predicted molar refractivity (Wildman–Crippen MR) is 78.1 cm³/mol. The summed E-state index contributed by atoms with van der Waals surface area (Å²) in [4.78, 5) is 0.347. The number of thiocarbonyl (C=S) groups is 1. The van der Waals surface area contributed by atoms with Gasteiger partial charge in [-0.05, 0) is 24.1 Å². The zero-order valence-electron chi connectivity index (χ0n) is 11.1. The summed E-state index contributed by atoms with van der Waals surface area (Å²) in [5.41, 5.74) is 7.49. The Kier molecular flexibility index (Phi) is 6.68. The van der Waals surface area contributed by atoms with Gasteiger partial charge >= 0.3 is 0 Å². The first kappa shape index (κ1) is 14.9. The largest absolute Gasteiger partial charge is 0.496 e. The van der Waals surface area contributed by atoms with E-state index in [9.17, 15) is 0 Å². The molecular weight excluding hydrogens is 246 g/mol. The molecule has 1 aromatic carbocycles. The average Bonchev–Trinajstić information content (AvgIpc) is 2.38. The fourth-order valence-corrected chi connectivity index (χ4v) is 1.84. The predicted octanol–water partition coefficient (Wildman–Crippen LogP) is 3.04. The molecule has 0 aliphatic heterocycles. The molecule has 0 bridgehead atoms. The molecule has 0 saturated carbocycles. The minimum Gasteiger partial charge on any atom is -0.496 e. The molecule has 0 fully saturated rings. The van der Waals surface area contributed by atoms with Gasteiger partial charge in [0.05, 0.1) is 19.3 Å². The zero-order valence-corrected chi connectivity index (χ0v) is 11.9. The lowest BCUT2D eigenvalue weighted by Gasteiger charge is -2.10. The Morgan fingerprint density at radius 1 is 1.33 bits per heavy atom. The van der Waals surface area contributed by atoms with Crippen LogP contribution in [0.4, 0.5) is 0 Å². The molecule has 0 heterocycles. The van der Waals surface area contributed by atoms with Crippen LogP contribution in [0.3, 0.4) is 0 Å². The Bertz CT molecular complexity index is 393. The maximum Gasteiger partial charge on any atom is 0.129 e. The Morgan fingerprint density at radius 3 is 2.72 bits per heavy atom. The number of hydrogen-bond acceptors (Lipinski definition) is 3. The van der Waals surface area contributed by atoms with Crippen molar-refractivity contribution >= 4 is 17.2 Å². The van der Waals surface area contributed by atoms with Gasteiger partial charge in [0.2, 0.25) is 0 Å². The molecule has 100 valence electrons. The van der Waals surface area contributed by atoms with Crippen LogP contribution in [0.25, 0.3) is 0 Å². The first-order chi connectivity index (χ1) is 8.69. The van der Waals surface area contributed by atoms with Crippen LogP contribution < -0.4 is 10.5 Å². The third-order valence-electron chi connectivity index (χ3n) is 2.69. The second-order valence-corrected chi connectivity index (χ2v) is 4.60. The molecule has 3 nitrogen and oxygen atoms in total. The molecule has 0 aliphatic carbocycles.